The van der Waals surface area contributed by atoms with Gasteiger partial charge in [0.15, 0.2) is 0 Å². The third-order valence-corrected chi connectivity index (χ3v) is 2.97. The van der Waals surface area contributed by atoms with Gasteiger partial charge in [0, 0.05) is 25.1 Å². The Morgan fingerprint density at radius 2 is 2.40 bits per heavy atom. The second-order valence-electron chi connectivity index (χ2n) is 3.29. The zero-order valence-corrected chi connectivity index (χ0v) is 9.71. The van der Waals surface area contributed by atoms with E-state index in [9.17, 15) is 4.79 Å². The number of nitrogens with zero attached hydrogens (tertiary/aromatic N) is 1. The van der Waals surface area contributed by atoms with Crippen molar-refractivity contribution in [1.82, 2.24) is 4.90 Å². The van der Waals surface area contributed by atoms with Crippen LogP contribution < -0.4 is 0 Å². The highest BCUT2D eigenvalue weighted by atomic mass is 32.1. The van der Waals surface area contributed by atoms with Crippen LogP contribution in [0, 0.1) is 0 Å². The SMILES string of the molecule is COCCN(C)Cc1sccc1C(=O)O. The summed E-state index contributed by atoms with van der Waals surface area (Å²) >= 11 is 1.48. The van der Waals surface area contributed by atoms with Gasteiger partial charge in [-0.2, -0.15) is 0 Å². The van der Waals surface area contributed by atoms with Gasteiger partial charge in [-0.1, -0.05) is 0 Å². The molecule has 0 radical (unpaired) electrons. The maximum atomic E-state index is 10.8. The van der Waals surface area contributed by atoms with Gasteiger partial charge in [-0.15, -0.1) is 11.3 Å². The summed E-state index contributed by atoms with van der Waals surface area (Å²) < 4.78 is 4.95. The number of ether oxygens (including phenoxy) is 1. The molecule has 5 heteroatoms. The second-order valence-corrected chi connectivity index (χ2v) is 4.29. The van der Waals surface area contributed by atoms with Gasteiger partial charge in [0.05, 0.1) is 12.2 Å². The highest BCUT2D eigenvalue weighted by Crippen LogP contribution is 2.18. The van der Waals surface area contributed by atoms with E-state index in [4.69, 9.17) is 9.84 Å². The fraction of sp³-hybridized carbons (Fsp3) is 0.500. The van der Waals surface area contributed by atoms with Gasteiger partial charge >= 0.3 is 5.97 Å². The number of carbonyl (C=O) groups is 1. The summed E-state index contributed by atoms with van der Waals surface area (Å²) in [4.78, 5) is 13.8. The second kappa shape index (κ2) is 5.85. The van der Waals surface area contributed by atoms with Gasteiger partial charge in [0.1, 0.15) is 0 Å². The average Bonchev–Trinajstić information content (AvgIpc) is 2.62. The molecule has 0 fully saturated rings. The number of aromatic carboxylic acids is 1. The van der Waals surface area contributed by atoms with Crippen LogP contribution >= 0.6 is 11.3 Å². The molecule has 0 atom stereocenters. The van der Waals surface area contributed by atoms with E-state index >= 15 is 0 Å². The zero-order chi connectivity index (χ0) is 11.3. The first-order valence-corrected chi connectivity index (χ1v) is 5.50. The topological polar surface area (TPSA) is 49.8 Å². The predicted molar refractivity (Wildman–Crippen MR) is 59.5 cm³/mol. The van der Waals surface area contributed by atoms with Crippen LogP contribution in [0.5, 0.6) is 0 Å². The van der Waals surface area contributed by atoms with E-state index < -0.39 is 5.97 Å². The predicted octanol–water partition coefficient (Wildman–Crippen LogP) is 1.52. The lowest BCUT2D eigenvalue weighted by Crippen LogP contribution is -2.22. The van der Waals surface area contributed by atoms with Crippen molar-refractivity contribution >= 4 is 17.3 Å². The van der Waals surface area contributed by atoms with E-state index in [-0.39, 0.29) is 0 Å². The molecule has 0 aliphatic carbocycles. The van der Waals surface area contributed by atoms with Crippen LogP contribution in [0.25, 0.3) is 0 Å². The molecule has 84 valence electrons. The van der Waals surface area contributed by atoms with E-state index in [0.29, 0.717) is 18.7 Å². The molecule has 1 aromatic rings. The van der Waals surface area contributed by atoms with Crippen LogP contribution in [0.1, 0.15) is 15.2 Å². The molecule has 15 heavy (non-hydrogen) atoms. The lowest BCUT2D eigenvalue weighted by Gasteiger charge is -2.15. The Morgan fingerprint density at radius 1 is 1.67 bits per heavy atom. The molecule has 0 spiro atoms. The molecular formula is C10H15NO3S. The highest BCUT2D eigenvalue weighted by Gasteiger charge is 2.12. The Labute approximate surface area is 93.1 Å². The Kier molecular flexibility index (Phi) is 4.74. The van der Waals surface area contributed by atoms with E-state index in [1.54, 1.807) is 13.2 Å². The van der Waals surface area contributed by atoms with Crippen molar-refractivity contribution in [1.29, 1.82) is 0 Å². The number of hydrogen-bond acceptors (Lipinski definition) is 4. The largest absolute Gasteiger partial charge is 0.478 e. The third kappa shape index (κ3) is 3.62. The summed E-state index contributed by atoms with van der Waals surface area (Å²) in [6, 6.07) is 1.65. The molecule has 0 saturated heterocycles. The van der Waals surface area contributed by atoms with Gasteiger partial charge < -0.3 is 9.84 Å². The molecule has 4 nitrogen and oxygen atoms in total. The van der Waals surface area contributed by atoms with Crippen LogP contribution in [0.15, 0.2) is 11.4 Å². The monoisotopic (exact) mass is 229 g/mol. The normalized spacial score (nSPS) is 10.9. The van der Waals surface area contributed by atoms with Crippen molar-refractivity contribution in [2.45, 2.75) is 6.54 Å². The lowest BCUT2D eigenvalue weighted by molar-refractivity contribution is 0.0695. The minimum Gasteiger partial charge on any atom is -0.478 e. The van der Waals surface area contributed by atoms with Crippen LogP contribution in [0.4, 0.5) is 0 Å². The quantitative estimate of drug-likeness (QED) is 0.803. The van der Waals surface area contributed by atoms with Crippen molar-refractivity contribution < 1.29 is 14.6 Å². The fourth-order valence-corrected chi connectivity index (χ4v) is 2.17. The molecule has 1 heterocycles. The van der Waals surface area contributed by atoms with Gasteiger partial charge in [-0.25, -0.2) is 4.79 Å². The highest BCUT2D eigenvalue weighted by molar-refractivity contribution is 7.10. The van der Waals surface area contributed by atoms with Gasteiger partial charge in [0.25, 0.3) is 0 Å². The van der Waals surface area contributed by atoms with Crippen LogP contribution in [0.2, 0.25) is 0 Å². The number of carboxylic acid groups (broad SMARTS) is 1. The van der Waals surface area contributed by atoms with Crippen molar-refractivity contribution in [2.24, 2.45) is 0 Å². The van der Waals surface area contributed by atoms with Gasteiger partial charge in [0.2, 0.25) is 0 Å². The summed E-state index contributed by atoms with van der Waals surface area (Å²) in [5.41, 5.74) is 0.407. The van der Waals surface area contributed by atoms with Crippen molar-refractivity contribution in [2.75, 3.05) is 27.3 Å². The first kappa shape index (κ1) is 12.2. The Morgan fingerprint density at radius 3 is 3.00 bits per heavy atom. The average molecular weight is 229 g/mol. The molecule has 0 aliphatic rings. The maximum Gasteiger partial charge on any atom is 0.336 e. The minimum absolute atomic E-state index is 0.407. The van der Waals surface area contributed by atoms with Crippen LogP contribution in [-0.2, 0) is 11.3 Å². The van der Waals surface area contributed by atoms with E-state index in [1.807, 2.05) is 17.3 Å². The third-order valence-electron chi connectivity index (χ3n) is 2.07. The number of rotatable bonds is 6. The Balaban J connectivity index is 2.56. The summed E-state index contributed by atoms with van der Waals surface area (Å²) in [5, 5.41) is 10.7. The van der Waals surface area contributed by atoms with Crippen molar-refractivity contribution in [3.05, 3.63) is 21.9 Å². The summed E-state index contributed by atoms with van der Waals surface area (Å²) in [6.45, 7) is 2.11. The minimum atomic E-state index is -0.855. The molecule has 0 aromatic carbocycles. The number of likely N-dealkylation sites (N-methyl/N-ethyl adjacent to an activating group) is 1. The Bertz CT molecular complexity index is 324. The molecule has 0 aliphatic heterocycles. The zero-order valence-electron chi connectivity index (χ0n) is 8.90. The maximum absolute atomic E-state index is 10.8. The van der Waals surface area contributed by atoms with Crippen molar-refractivity contribution in [3.8, 4) is 0 Å². The molecule has 0 unspecified atom stereocenters. The standard InChI is InChI=1S/C10H15NO3S/c1-11(4-5-14-2)7-9-8(10(12)13)3-6-15-9/h3,6H,4-5,7H2,1-2H3,(H,12,13). The first-order valence-electron chi connectivity index (χ1n) is 4.62. The number of thiophene rings is 1. The van der Waals surface area contributed by atoms with Gasteiger partial charge in [-0.3, -0.25) is 4.90 Å². The van der Waals surface area contributed by atoms with Crippen LogP contribution in [0.3, 0.4) is 0 Å². The fourth-order valence-electron chi connectivity index (χ4n) is 1.22. The number of hydrogen-bond donors (Lipinski definition) is 1. The first-order chi connectivity index (χ1) is 7.15. The molecule has 0 bridgehead atoms. The van der Waals surface area contributed by atoms with Crippen LogP contribution in [-0.4, -0.2) is 43.3 Å². The molecule has 1 N–H and O–H groups in total. The van der Waals surface area contributed by atoms with Gasteiger partial charge in [-0.05, 0) is 18.5 Å². The molecule has 1 aromatic heterocycles. The van der Waals surface area contributed by atoms with E-state index in [0.717, 1.165) is 11.4 Å². The van der Waals surface area contributed by atoms with Crippen molar-refractivity contribution in [3.63, 3.8) is 0 Å². The lowest BCUT2D eigenvalue weighted by atomic mass is 10.2. The summed E-state index contributed by atoms with van der Waals surface area (Å²) in [5.74, 6) is -0.855. The molecule has 0 amide bonds. The summed E-state index contributed by atoms with van der Waals surface area (Å²) in [7, 11) is 3.60. The molecule has 0 saturated carbocycles. The van der Waals surface area contributed by atoms with E-state index in [1.165, 1.54) is 11.3 Å². The molecule has 1 rings (SSSR count). The molecular weight excluding hydrogens is 214 g/mol. The Hall–Kier alpha value is -0.910. The van der Waals surface area contributed by atoms with E-state index in [2.05, 4.69) is 0 Å². The number of methoxy groups -OCH3 is 1. The summed E-state index contributed by atoms with van der Waals surface area (Å²) in [6.07, 6.45) is 0. The number of carboxylic acids is 1. The smallest absolute Gasteiger partial charge is 0.336 e.